The topological polar surface area (TPSA) is 42.6 Å². The van der Waals surface area contributed by atoms with Crippen molar-refractivity contribution in [3.8, 4) is 11.4 Å². The van der Waals surface area contributed by atoms with Crippen LogP contribution in [0.2, 0.25) is 0 Å². The summed E-state index contributed by atoms with van der Waals surface area (Å²) in [4.78, 5) is 4.19. The van der Waals surface area contributed by atoms with Gasteiger partial charge in [-0.15, -0.1) is 0 Å². The highest BCUT2D eigenvalue weighted by Gasteiger charge is 2.26. The number of ether oxygens (including phenoxy) is 1. The first-order valence-corrected chi connectivity index (χ1v) is 8.41. The third-order valence-corrected chi connectivity index (χ3v) is 4.74. The molecule has 0 atom stereocenters. The molecule has 0 saturated heterocycles. The molecule has 0 radical (unpaired) electrons. The highest BCUT2D eigenvalue weighted by molar-refractivity contribution is 5.98. The van der Waals surface area contributed by atoms with Gasteiger partial charge in [0.25, 0.3) is 0 Å². The van der Waals surface area contributed by atoms with Gasteiger partial charge < -0.3 is 9.30 Å². The Morgan fingerprint density at radius 1 is 1.04 bits per heavy atom. The lowest BCUT2D eigenvalue weighted by Gasteiger charge is -2.25. The summed E-state index contributed by atoms with van der Waals surface area (Å²) < 4.78 is 7.60. The number of hydrogen-bond acceptors (Lipinski definition) is 4. The highest BCUT2D eigenvalue weighted by Crippen LogP contribution is 2.36. The van der Waals surface area contributed by atoms with Gasteiger partial charge in [-0.2, -0.15) is 5.10 Å². The van der Waals surface area contributed by atoms with Crippen LogP contribution in [0.4, 0.5) is 5.69 Å². The number of fused-ring (bicyclic) bond motifs is 1. The Hall–Kier alpha value is -3.34. The van der Waals surface area contributed by atoms with Crippen LogP contribution in [0.5, 0.6) is 5.75 Å². The largest absolute Gasteiger partial charge is 0.497 e. The molecule has 0 spiro atoms. The van der Waals surface area contributed by atoms with E-state index in [1.807, 2.05) is 41.6 Å². The molecule has 0 aliphatic carbocycles. The molecule has 3 heterocycles. The molecular formula is C21H20N4O. The van der Waals surface area contributed by atoms with E-state index >= 15 is 0 Å². The molecule has 26 heavy (non-hydrogen) atoms. The highest BCUT2D eigenvalue weighted by atomic mass is 16.5. The average Bonchev–Trinajstić information content (AvgIpc) is 2.94. The fourth-order valence-corrected chi connectivity index (χ4v) is 3.51. The van der Waals surface area contributed by atoms with E-state index in [1.54, 1.807) is 19.5 Å². The van der Waals surface area contributed by atoms with Crippen LogP contribution in [0, 0.1) is 13.8 Å². The zero-order valence-corrected chi connectivity index (χ0v) is 15.1. The number of nitrogens with zero attached hydrogens (tertiary/aromatic N) is 4. The van der Waals surface area contributed by atoms with E-state index in [0.717, 1.165) is 45.3 Å². The second-order valence-corrected chi connectivity index (χ2v) is 6.21. The van der Waals surface area contributed by atoms with Gasteiger partial charge in [-0.25, -0.2) is 5.01 Å². The number of benzene rings is 1. The number of aromatic nitrogens is 2. The van der Waals surface area contributed by atoms with Gasteiger partial charge in [0.15, 0.2) is 0 Å². The monoisotopic (exact) mass is 344 g/mol. The van der Waals surface area contributed by atoms with Crippen molar-refractivity contribution < 1.29 is 4.74 Å². The Labute approximate surface area is 152 Å². The van der Waals surface area contributed by atoms with Crippen LogP contribution in [-0.4, -0.2) is 22.9 Å². The van der Waals surface area contributed by atoms with Gasteiger partial charge in [-0.1, -0.05) is 12.6 Å². The first-order valence-electron chi connectivity index (χ1n) is 8.41. The molecule has 0 saturated carbocycles. The smallest absolute Gasteiger partial charge is 0.120 e. The van der Waals surface area contributed by atoms with E-state index in [2.05, 4.69) is 41.1 Å². The lowest BCUT2D eigenvalue weighted by Crippen LogP contribution is -2.19. The maximum Gasteiger partial charge on any atom is 0.120 e. The SMILES string of the molecule is C=C1c2c(c(C)n(-c3cccc(OC)c3)c2C)C=NN1c1cccnc1. The van der Waals surface area contributed by atoms with E-state index < -0.39 is 0 Å². The summed E-state index contributed by atoms with van der Waals surface area (Å²) in [6.45, 7) is 8.51. The predicted octanol–water partition coefficient (Wildman–Crippen LogP) is 4.32. The molecule has 0 amide bonds. The number of hydrazone groups is 1. The zero-order chi connectivity index (χ0) is 18.3. The fraction of sp³-hybridized carbons (Fsp3) is 0.143. The minimum atomic E-state index is 0.831. The first kappa shape index (κ1) is 16.1. The van der Waals surface area contributed by atoms with Crippen molar-refractivity contribution in [3.05, 3.63) is 77.9 Å². The number of anilines is 1. The molecule has 2 aromatic heterocycles. The Morgan fingerprint density at radius 3 is 2.58 bits per heavy atom. The quantitative estimate of drug-likeness (QED) is 0.710. The normalized spacial score (nSPS) is 13.0. The summed E-state index contributed by atoms with van der Waals surface area (Å²) in [5.74, 6) is 0.831. The third kappa shape index (κ3) is 2.40. The number of pyridine rings is 1. The summed E-state index contributed by atoms with van der Waals surface area (Å²) >= 11 is 0. The third-order valence-electron chi connectivity index (χ3n) is 4.74. The van der Waals surface area contributed by atoms with Crippen molar-refractivity contribution in [1.82, 2.24) is 9.55 Å². The Kier molecular flexibility index (Phi) is 3.84. The maximum absolute atomic E-state index is 5.38. The number of rotatable bonds is 3. The maximum atomic E-state index is 5.38. The minimum Gasteiger partial charge on any atom is -0.497 e. The van der Waals surface area contributed by atoms with Crippen molar-refractivity contribution in [2.75, 3.05) is 12.1 Å². The van der Waals surface area contributed by atoms with Gasteiger partial charge in [0.2, 0.25) is 0 Å². The summed E-state index contributed by atoms with van der Waals surface area (Å²) in [5, 5.41) is 6.43. The second-order valence-electron chi connectivity index (χ2n) is 6.21. The van der Waals surface area contributed by atoms with E-state index in [9.17, 15) is 0 Å². The van der Waals surface area contributed by atoms with E-state index in [0.29, 0.717) is 0 Å². The van der Waals surface area contributed by atoms with Gasteiger partial charge >= 0.3 is 0 Å². The lowest BCUT2D eigenvalue weighted by molar-refractivity contribution is 0.414. The molecule has 0 bridgehead atoms. The lowest BCUT2D eigenvalue weighted by atomic mass is 10.1. The molecule has 0 N–H and O–H groups in total. The van der Waals surface area contributed by atoms with E-state index in [1.165, 1.54) is 0 Å². The Balaban J connectivity index is 1.84. The molecule has 130 valence electrons. The van der Waals surface area contributed by atoms with Crippen molar-refractivity contribution in [2.24, 2.45) is 5.10 Å². The average molecular weight is 344 g/mol. The first-order chi connectivity index (χ1) is 12.6. The van der Waals surface area contributed by atoms with Gasteiger partial charge in [0, 0.05) is 40.5 Å². The van der Waals surface area contributed by atoms with Gasteiger partial charge in [0.1, 0.15) is 5.75 Å². The molecular weight excluding hydrogens is 324 g/mol. The Morgan fingerprint density at radius 2 is 1.85 bits per heavy atom. The summed E-state index contributed by atoms with van der Waals surface area (Å²) in [7, 11) is 1.68. The zero-order valence-electron chi connectivity index (χ0n) is 15.1. The van der Waals surface area contributed by atoms with Crippen molar-refractivity contribution in [2.45, 2.75) is 13.8 Å². The van der Waals surface area contributed by atoms with Crippen LogP contribution < -0.4 is 9.75 Å². The van der Waals surface area contributed by atoms with Crippen LogP contribution >= 0.6 is 0 Å². The predicted molar refractivity (Wildman–Crippen MR) is 105 cm³/mol. The number of hydrogen-bond donors (Lipinski definition) is 0. The summed E-state index contributed by atoms with van der Waals surface area (Å²) in [6, 6.07) is 11.9. The van der Waals surface area contributed by atoms with E-state index in [4.69, 9.17) is 4.74 Å². The summed E-state index contributed by atoms with van der Waals surface area (Å²) in [6.07, 6.45) is 5.44. The van der Waals surface area contributed by atoms with Gasteiger partial charge in [-0.3, -0.25) is 4.98 Å². The van der Waals surface area contributed by atoms with Crippen LogP contribution in [0.1, 0.15) is 22.5 Å². The molecule has 1 aliphatic heterocycles. The molecule has 4 rings (SSSR count). The van der Waals surface area contributed by atoms with Crippen LogP contribution in [0.3, 0.4) is 0 Å². The molecule has 3 aromatic rings. The van der Waals surface area contributed by atoms with Crippen molar-refractivity contribution >= 4 is 17.6 Å². The van der Waals surface area contributed by atoms with E-state index in [-0.39, 0.29) is 0 Å². The van der Waals surface area contributed by atoms with Crippen molar-refractivity contribution in [3.63, 3.8) is 0 Å². The molecule has 0 fully saturated rings. The molecule has 1 aromatic carbocycles. The molecule has 1 aliphatic rings. The molecule has 5 nitrogen and oxygen atoms in total. The van der Waals surface area contributed by atoms with Gasteiger partial charge in [-0.05, 0) is 38.1 Å². The fourth-order valence-electron chi connectivity index (χ4n) is 3.51. The van der Waals surface area contributed by atoms with Gasteiger partial charge in [0.05, 0.1) is 30.9 Å². The standard InChI is InChI=1S/C21H20N4O/c1-14-20-13-23-25(18-8-6-10-22-12-18)16(3)21(20)15(2)24(14)17-7-5-9-19(11-17)26-4/h5-13H,3H2,1-2,4H3. The number of methoxy groups -OCH3 is 1. The van der Waals surface area contributed by atoms with Crippen LogP contribution in [0.15, 0.2) is 60.5 Å². The minimum absolute atomic E-state index is 0.831. The molecule has 0 unspecified atom stereocenters. The molecule has 5 heteroatoms. The van der Waals surface area contributed by atoms with Crippen LogP contribution in [0.25, 0.3) is 11.4 Å². The Bertz CT molecular complexity index is 1020. The second kappa shape index (κ2) is 6.19. The van der Waals surface area contributed by atoms with Crippen molar-refractivity contribution in [1.29, 1.82) is 0 Å². The summed E-state index contributed by atoms with van der Waals surface area (Å²) in [5.41, 5.74) is 7.24. The van der Waals surface area contributed by atoms with Crippen LogP contribution in [-0.2, 0) is 0 Å².